The molecule has 1 aromatic heterocycles. The molecule has 182 valence electrons. The largest absolute Gasteiger partial charge is 0.361 e. The Balaban J connectivity index is 1.66. The molecule has 0 radical (unpaired) electrons. The fourth-order valence-electron chi connectivity index (χ4n) is 5.22. The van der Waals surface area contributed by atoms with Crippen molar-refractivity contribution in [2.24, 2.45) is 10.9 Å². The Labute approximate surface area is 203 Å². The molecule has 2 heterocycles. The second-order valence-electron chi connectivity index (χ2n) is 9.61. The van der Waals surface area contributed by atoms with Gasteiger partial charge in [-0.25, -0.2) is 4.99 Å². The van der Waals surface area contributed by atoms with Crippen molar-refractivity contribution in [2.75, 3.05) is 32.1 Å². The number of carbonyl (C=O) groups excluding carboxylic acids is 2. The first-order valence-electron chi connectivity index (χ1n) is 12.4. The number of nitrogens with zero attached hydrogens (tertiary/aromatic N) is 3. The minimum atomic E-state index is -0.352. The Hall–Kier alpha value is -1.99. The molecule has 33 heavy (non-hydrogen) atoms. The molecule has 2 amide bonds. The highest BCUT2D eigenvalue weighted by atomic mass is 32.1. The third kappa shape index (κ3) is 5.93. The molecule has 0 spiro atoms. The van der Waals surface area contributed by atoms with Crippen LogP contribution < -0.4 is 10.2 Å². The number of allylic oxidation sites excluding steroid dienone is 1. The van der Waals surface area contributed by atoms with Crippen molar-refractivity contribution in [3.05, 3.63) is 28.2 Å². The summed E-state index contributed by atoms with van der Waals surface area (Å²) in [5.41, 5.74) is 3.59. The van der Waals surface area contributed by atoms with Crippen molar-refractivity contribution in [2.45, 2.75) is 78.3 Å². The van der Waals surface area contributed by atoms with Crippen LogP contribution in [0.15, 0.2) is 22.0 Å². The summed E-state index contributed by atoms with van der Waals surface area (Å²) in [5, 5.41) is 6.20. The summed E-state index contributed by atoms with van der Waals surface area (Å²) in [7, 11) is 4.35. The Bertz CT molecular complexity index is 909. The lowest BCUT2D eigenvalue weighted by Crippen LogP contribution is -2.42. The van der Waals surface area contributed by atoms with Crippen molar-refractivity contribution in [1.29, 1.82) is 0 Å². The maximum atomic E-state index is 13.1. The standard InChI is InChI=1S/C26H40N4O2S/c1-7-9-19-14-17(3)28-25(32)22(19)15-27-24(31)23-16-33-26(18(23)4)30(8-2)21-12-10-20(11-13-21)29(5)6/h14,16,20-22H,7-13,15H2,1-6H3,(H,27,31). The van der Waals surface area contributed by atoms with Crippen LogP contribution in [0.25, 0.3) is 0 Å². The molecule has 0 saturated heterocycles. The van der Waals surface area contributed by atoms with Gasteiger partial charge in [-0.05, 0) is 78.6 Å². The summed E-state index contributed by atoms with van der Waals surface area (Å²) >= 11 is 1.66. The molecule has 1 saturated carbocycles. The van der Waals surface area contributed by atoms with Crippen LogP contribution in [-0.2, 0) is 4.79 Å². The third-order valence-electron chi connectivity index (χ3n) is 7.13. The van der Waals surface area contributed by atoms with E-state index in [9.17, 15) is 9.59 Å². The molecule has 0 aromatic carbocycles. The van der Waals surface area contributed by atoms with E-state index in [0.717, 1.165) is 41.8 Å². The van der Waals surface area contributed by atoms with E-state index in [1.807, 2.05) is 18.4 Å². The van der Waals surface area contributed by atoms with E-state index < -0.39 is 0 Å². The highest BCUT2D eigenvalue weighted by Gasteiger charge is 2.30. The van der Waals surface area contributed by atoms with E-state index in [0.29, 0.717) is 18.6 Å². The number of carbonyl (C=O) groups is 2. The van der Waals surface area contributed by atoms with Gasteiger partial charge in [-0.2, -0.15) is 0 Å². The van der Waals surface area contributed by atoms with Crippen LogP contribution >= 0.6 is 11.3 Å². The van der Waals surface area contributed by atoms with E-state index in [1.165, 1.54) is 30.7 Å². The summed E-state index contributed by atoms with van der Waals surface area (Å²) in [4.78, 5) is 34.5. The van der Waals surface area contributed by atoms with Gasteiger partial charge in [-0.3, -0.25) is 9.59 Å². The van der Waals surface area contributed by atoms with Gasteiger partial charge in [-0.15, -0.1) is 11.3 Å². The molecular weight excluding hydrogens is 432 g/mol. The molecule has 1 atom stereocenters. The molecule has 3 rings (SSSR count). The normalized spacial score (nSPS) is 23.4. The van der Waals surface area contributed by atoms with E-state index in [2.05, 4.69) is 55.0 Å². The SMILES string of the molecule is CCCC1=CC(C)=NC(=O)C1CNC(=O)c1csc(N(CC)C2CCC(N(C)C)CC2)c1C. The maximum absolute atomic E-state index is 13.1. The first kappa shape index (κ1) is 25.6. The molecule has 1 N–H and O–H groups in total. The maximum Gasteiger partial charge on any atom is 0.254 e. The average molecular weight is 473 g/mol. The molecule has 1 aliphatic heterocycles. The number of hydrogen-bond donors (Lipinski definition) is 1. The second-order valence-corrected chi connectivity index (χ2v) is 10.5. The Kier molecular flexibility index (Phi) is 8.88. The van der Waals surface area contributed by atoms with Crippen molar-refractivity contribution < 1.29 is 9.59 Å². The zero-order valence-corrected chi connectivity index (χ0v) is 21.9. The van der Waals surface area contributed by atoms with Gasteiger partial charge >= 0.3 is 0 Å². The Morgan fingerprint density at radius 3 is 2.42 bits per heavy atom. The summed E-state index contributed by atoms with van der Waals surface area (Å²) in [6.07, 6.45) is 8.63. The van der Waals surface area contributed by atoms with Gasteiger partial charge in [0.15, 0.2) is 0 Å². The van der Waals surface area contributed by atoms with Crippen molar-refractivity contribution >= 4 is 33.9 Å². The van der Waals surface area contributed by atoms with Gasteiger partial charge in [-0.1, -0.05) is 18.9 Å². The average Bonchev–Trinajstić information content (AvgIpc) is 3.15. The number of aliphatic imine (C=N–C) groups is 1. The number of anilines is 1. The van der Waals surface area contributed by atoms with Crippen LogP contribution in [0, 0.1) is 12.8 Å². The number of hydrogen-bond acceptors (Lipinski definition) is 5. The molecule has 6 nitrogen and oxygen atoms in total. The number of nitrogens with one attached hydrogen (secondary N) is 1. The Morgan fingerprint density at radius 1 is 1.15 bits per heavy atom. The zero-order chi connectivity index (χ0) is 24.1. The predicted octanol–water partition coefficient (Wildman–Crippen LogP) is 4.83. The number of dihydropyridines is 1. The topological polar surface area (TPSA) is 65.0 Å². The van der Waals surface area contributed by atoms with E-state index >= 15 is 0 Å². The third-order valence-corrected chi connectivity index (χ3v) is 8.25. The molecule has 2 aliphatic rings. The zero-order valence-electron chi connectivity index (χ0n) is 21.1. The van der Waals surface area contributed by atoms with Crippen molar-refractivity contribution in [3.8, 4) is 0 Å². The van der Waals surface area contributed by atoms with Crippen molar-refractivity contribution in [3.63, 3.8) is 0 Å². The quantitative estimate of drug-likeness (QED) is 0.559. The second kappa shape index (κ2) is 11.4. The van der Waals surface area contributed by atoms with Gasteiger partial charge in [0.1, 0.15) is 0 Å². The Morgan fingerprint density at radius 2 is 1.82 bits per heavy atom. The summed E-state index contributed by atoms with van der Waals surface area (Å²) in [6, 6.07) is 1.20. The van der Waals surface area contributed by atoms with Crippen LogP contribution in [0.2, 0.25) is 0 Å². The lowest BCUT2D eigenvalue weighted by molar-refractivity contribution is -0.120. The van der Waals surface area contributed by atoms with Gasteiger partial charge < -0.3 is 15.1 Å². The smallest absolute Gasteiger partial charge is 0.254 e. The first-order valence-corrected chi connectivity index (χ1v) is 13.2. The minimum Gasteiger partial charge on any atom is -0.361 e. The molecule has 1 unspecified atom stereocenters. The van der Waals surface area contributed by atoms with Gasteiger partial charge in [0.25, 0.3) is 11.8 Å². The number of thiophene rings is 1. The fourth-order valence-corrected chi connectivity index (χ4v) is 6.44. The van der Waals surface area contributed by atoms with E-state index in [-0.39, 0.29) is 17.7 Å². The molecule has 1 fully saturated rings. The lowest BCUT2D eigenvalue weighted by Gasteiger charge is -2.39. The van der Waals surface area contributed by atoms with E-state index in [1.54, 1.807) is 11.3 Å². The van der Waals surface area contributed by atoms with Crippen LogP contribution in [-0.4, -0.2) is 61.7 Å². The first-order chi connectivity index (χ1) is 15.8. The monoisotopic (exact) mass is 472 g/mol. The van der Waals surface area contributed by atoms with Gasteiger partial charge in [0.05, 0.1) is 16.5 Å². The van der Waals surface area contributed by atoms with E-state index in [4.69, 9.17) is 0 Å². The molecule has 1 aromatic rings. The highest BCUT2D eigenvalue weighted by Crippen LogP contribution is 2.36. The molecule has 0 bridgehead atoms. The van der Waals surface area contributed by atoms with Gasteiger partial charge in [0, 0.05) is 36.3 Å². The molecule has 7 heteroatoms. The molecule has 1 aliphatic carbocycles. The van der Waals surface area contributed by atoms with Crippen LogP contribution in [0.3, 0.4) is 0 Å². The lowest BCUT2D eigenvalue weighted by atomic mass is 9.89. The number of amides is 2. The highest BCUT2D eigenvalue weighted by molar-refractivity contribution is 7.14. The minimum absolute atomic E-state index is 0.0997. The molecular formula is C26H40N4O2S. The van der Waals surface area contributed by atoms with Crippen molar-refractivity contribution in [1.82, 2.24) is 10.2 Å². The van der Waals surface area contributed by atoms with Crippen LogP contribution in [0.1, 0.15) is 75.2 Å². The number of rotatable bonds is 9. The summed E-state index contributed by atoms with van der Waals surface area (Å²) in [5.74, 6) is -0.598. The predicted molar refractivity (Wildman–Crippen MR) is 139 cm³/mol. The summed E-state index contributed by atoms with van der Waals surface area (Å²) in [6.45, 7) is 9.46. The van der Waals surface area contributed by atoms with Crippen LogP contribution in [0.4, 0.5) is 5.00 Å². The van der Waals surface area contributed by atoms with Crippen LogP contribution in [0.5, 0.6) is 0 Å². The fraction of sp³-hybridized carbons (Fsp3) is 0.654. The summed E-state index contributed by atoms with van der Waals surface area (Å²) < 4.78 is 0. The van der Waals surface area contributed by atoms with Gasteiger partial charge in [0.2, 0.25) is 0 Å².